The van der Waals surface area contributed by atoms with Gasteiger partial charge in [0.2, 0.25) is 0 Å². The maximum atomic E-state index is 13.6. The number of benzene rings is 2. The highest BCUT2D eigenvalue weighted by Crippen LogP contribution is 2.18. The van der Waals surface area contributed by atoms with Crippen LogP contribution in [0.25, 0.3) is 0 Å². The highest BCUT2D eigenvalue weighted by Gasteiger charge is 2.06. The minimum Gasteiger partial charge on any atom is -0.370 e. The number of nitrogens with one attached hydrogen (secondary N) is 2. The maximum Gasteiger partial charge on any atom is 0.131 e. The highest BCUT2D eigenvalue weighted by molar-refractivity contribution is 5.47. The molecule has 0 fully saturated rings. The lowest BCUT2D eigenvalue weighted by atomic mass is 10.1. The summed E-state index contributed by atoms with van der Waals surface area (Å²) in [6.45, 7) is 2.69. The molecule has 3 rings (SSSR count). The van der Waals surface area contributed by atoms with Crippen LogP contribution in [0, 0.1) is 5.82 Å². The van der Waals surface area contributed by atoms with Crippen LogP contribution in [0.5, 0.6) is 0 Å². The molecule has 0 saturated carbocycles. The van der Waals surface area contributed by atoms with E-state index in [4.69, 9.17) is 0 Å². The van der Waals surface area contributed by atoms with Gasteiger partial charge in [-0.05, 0) is 30.5 Å². The van der Waals surface area contributed by atoms with E-state index in [2.05, 4.69) is 39.7 Å². The number of hydrogen-bond donors (Lipinski definition) is 2. The first kappa shape index (κ1) is 16.9. The molecule has 0 bridgehead atoms. The van der Waals surface area contributed by atoms with Crippen LogP contribution in [-0.4, -0.2) is 16.5 Å². The molecule has 2 aromatic carbocycles. The average molecular weight is 336 g/mol. The molecule has 0 aliphatic rings. The molecule has 1 atom stereocenters. The summed E-state index contributed by atoms with van der Waals surface area (Å²) in [5.74, 6) is 1.29. The van der Waals surface area contributed by atoms with Crippen LogP contribution in [0.1, 0.15) is 24.1 Å². The quantitative estimate of drug-likeness (QED) is 0.669. The first-order valence-electron chi connectivity index (χ1n) is 8.33. The number of hydrogen-bond acceptors (Lipinski definition) is 4. The molecule has 0 aliphatic heterocycles. The summed E-state index contributed by atoms with van der Waals surface area (Å²) in [4.78, 5) is 8.48. The average Bonchev–Trinajstić information content (AvgIpc) is 2.64. The number of aromatic nitrogens is 2. The standard InChI is InChI=1S/C20H21FN4/c1-15(16-7-3-2-4-8-16)25-20-13-19(23-14-24-20)22-12-11-17-9-5-6-10-18(17)21/h2-10,13-15H,11-12H2,1H3,(H2,22,23,24,25). The Balaban J connectivity index is 1.57. The smallest absolute Gasteiger partial charge is 0.131 e. The Morgan fingerprint density at radius 2 is 1.68 bits per heavy atom. The predicted octanol–water partition coefficient (Wildman–Crippen LogP) is 4.44. The van der Waals surface area contributed by atoms with E-state index in [1.54, 1.807) is 12.1 Å². The van der Waals surface area contributed by atoms with E-state index >= 15 is 0 Å². The van der Waals surface area contributed by atoms with Gasteiger partial charge in [-0.1, -0.05) is 48.5 Å². The van der Waals surface area contributed by atoms with Crippen molar-refractivity contribution in [1.29, 1.82) is 0 Å². The first-order valence-corrected chi connectivity index (χ1v) is 8.33. The molecule has 0 radical (unpaired) electrons. The van der Waals surface area contributed by atoms with Crippen molar-refractivity contribution in [3.05, 3.63) is 83.9 Å². The zero-order chi connectivity index (χ0) is 17.5. The third-order valence-electron chi connectivity index (χ3n) is 3.99. The van der Waals surface area contributed by atoms with Gasteiger partial charge >= 0.3 is 0 Å². The second-order valence-corrected chi connectivity index (χ2v) is 5.83. The summed E-state index contributed by atoms with van der Waals surface area (Å²) in [6.07, 6.45) is 2.12. The van der Waals surface area contributed by atoms with Gasteiger partial charge in [-0.3, -0.25) is 0 Å². The summed E-state index contributed by atoms with van der Waals surface area (Å²) in [5.41, 5.74) is 1.88. The van der Waals surface area contributed by atoms with Crippen molar-refractivity contribution in [2.45, 2.75) is 19.4 Å². The van der Waals surface area contributed by atoms with Crippen molar-refractivity contribution in [3.8, 4) is 0 Å². The Morgan fingerprint density at radius 1 is 0.960 bits per heavy atom. The molecule has 5 heteroatoms. The van der Waals surface area contributed by atoms with Crippen LogP contribution in [0.4, 0.5) is 16.0 Å². The van der Waals surface area contributed by atoms with E-state index in [1.165, 1.54) is 18.0 Å². The zero-order valence-electron chi connectivity index (χ0n) is 14.1. The predicted molar refractivity (Wildman–Crippen MR) is 99.1 cm³/mol. The second kappa shape index (κ2) is 8.24. The normalized spacial score (nSPS) is 11.8. The Bertz CT molecular complexity index is 808. The van der Waals surface area contributed by atoms with Gasteiger partial charge in [0.05, 0.1) is 0 Å². The summed E-state index contributed by atoms with van der Waals surface area (Å²) in [6, 6.07) is 19.0. The van der Waals surface area contributed by atoms with Gasteiger partial charge in [-0.15, -0.1) is 0 Å². The summed E-state index contributed by atoms with van der Waals surface area (Å²) < 4.78 is 13.6. The van der Waals surface area contributed by atoms with E-state index in [0.29, 0.717) is 24.3 Å². The fourth-order valence-electron chi connectivity index (χ4n) is 2.61. The van der Waals surface area contributed by atoms with Crippen LogP contribution >= 0.6 is 0 Å². The molecular weight excluding hydrogens is 315 g/mol. The van der Waals surface area contributed by atoms with Gasteiger partial charge in [-0.2, -0.15) is 0 Å². The van der Waals surface area contributed by atoms with E-state index < -0.39 is 0 Å². The molecule has 0 saturated heterocycles. The lowest BCUT2D eigenvalue weighted by molar-refractivity contribution is 0.610. The fourth-order valence-corrected chi connectivity index (χ4v) is 2.61. The summed E-state index contributed by atoms with van der Waals surface area (Å²) in [5, 5.41) is 6.58. The summed E-state index contributed by atoms with van der Waals surface area (Å²) >= 11 is 0. The van der Waals surface area contributed by atoms with Gasteiger partial charge < -0.3 is 10.6 Å². The van der Waals surface area contributed by atoms with Crippen molar-refractivity contribution in [2.75, 3.05) is 17.2 Å². The molecule has 0 spiro atoms. The molecule has 1 heterocycles. The largest absolute Gasteiger partial charge is 0.370 e. The third-order valence-corrected chi connectivity index (χ3v) is 3.99. The van der Waals surface area contributed by atoms with Gasteiger partial charge in [0.25, 0.3) is 0 Å². The maximum absolute atomic E-state index is 13.6. The molecule has 1 unspecified atom stereocenters. The number of rotatable bonds is 7. The van der Waals surface area contributed by atoms with Crippen molar-refractivity contribution in [1.82, 2.24) is 9.97 Å². The minimum absolute atomic E-state index is 0.141. The van der Waals surface area contributed by atoms with Crippen molar-refractivity contribution in [3.63, 3.8) is 0 Å². The van der Waals surface area contributed by atoms with Crippen LogP contribution in [0.3, 0.4) is 0 Å². The molecule has 128 valence electrons. The molecule has 4 nitrogen and oxygen atoms in total. The van der Waals surface area contributed by atoms with E-state index in [9.17, 15) is 4.39 Å². The Kier molecular flexibility index (Phi) is 5.57. The summed E-state index contributed by atoms with van der Waals surface area (Å²) in [7, 11) is 0. The highest BCUT2D eigenvalue weighted by atomic mass is 19.1. The van der Waals surface area contributed by atoms with E-state index in [1.807, 2.05) is 30.3 Å². The Hall–Kier alpha value is -2.95. The topological polar surface area (TPSA) is 49.8 Å². The molecule has 25 heavy (non-hydrogen) atoms. The lowest BCUT2D eigenvalue weighted by Gasteiger charge is -2.15. The number of nitrogens with zero attached hydrogens (tertiary/aromatic N) is 2. The third kappa shape index (κ3) is 4.76. The molecule has 0 aliphatic carbocycles. The second-order valence-electron chi connectivity index (χ2n) is 5.83. The Morgan fingerprint density at radius 3 is 2.48 bits per heavy atom. The number of anilines is 2. The van der Waals surface area contributed by atoms with Crippen molar-refractivity contribution < 1.29 is 4.39 Å². The Labute approximate surface area is 147 Å². The van der Waals surface area contributed by atoms with Crippen LogP contribution in [0.2, 0.25) is 0 Å². The molecule has 0 amide bonds. The zero-order valence-corrected chi connectivity index (χ0v) is 14.1. The van der Waals surface area contributed by atoms with Gasteiger partial charge in [0, 0.05) is 18.7 Å². The van der Waals surface area contributed by atoms with Gasteiger partial charge in [0.1, 0.15) is 23.8 Å². The molecular formula is C20H21FN4. The van der Waals surface area contributed by atoms with Gasteiger partial charge in [-0.25, -0.2) is 14.4 Å². The van der Waals surface area contributed by atoms with Crippen molar-refractivity contribution >= 4 is 11.6 Å². The van der Waals surface area contributed by atoms with E-state index in [-0.39, 0.29) is 11.9 Å². The SMILES string of the molecule is CC(Nc1cc(NCCc2ccccc2F)ncn1)c1ccccc1. The first-order chi connectivity index (χ1) is 12.2. The fraction of sp³-hybridized carbons (Fsp3) is 0.200. The lowest BCUT2D eigenvalue weighted by Crippen LogP contribution is -2.10. The molecule has 3 aromatic rings. The molecule has 2 N–H and O–H groups in total. The van der Waals surface area contributed by atoms with Crippen LogP contribution in [-0.2, 0) is 6.42 Å². The van der Waals surface area contributed by atoms with Crippen LogP contribution in [0.15, 0.2) is 67.0 Å². The van der Waals surface area contributed by atoms with Gasteiger partial charge in [0.15, 0.2) is 0 Å². The monoisotopic (exact) mass is 336 g/mol. The van der Waals surface area contributed by atoms with Crippen molar-refractivity contribution in [2.24, 2.45) is 0 Å². The number of halogens is 1. The van der Waals surface area contributed by atoms with E-state index in [0.717, 1.165) is 5.82 Å². The minimum atomic E-state index is -0.175. The molecule has 1 aromatic heterocycles. The van der Waals surface area contributed by atoms with Crippen LogP contribution < -0.4 is 10.6 Å².